The standard InChI is InChI=1S/C18H23F3N2O3S/c1-27(25,26)9-18(24)23-12-2-3-13(23)5-11(4-12)17(22)7-10-6-15(20)16(21)8-14(10)19/h6,8,11-13,17H,2-5,7,9,22H2,1H3. The summed E-state index contributed by atoms with van der Waals surface area (Å²) in [5.74, 6) is -4.06. The van der Waals surface area contributed by atoms with Crippen molar-refractivity contribution in [3.8, 4) is 0 Å². The van der Waals surface area contributed by atoms with Crippen molar-refractivity contribution in [2.45, 2.75) is 50.2 Å². The van der Waals surface area contributed by atoms with Crippen LogP contribution in [0.2, 0.25) is 0 Å². The van der Waals surface area contributed by atoms with Crippen molar-refractivity contribution in [1.29, 1.82) is 0 Å². The smallest absolute Gasteiger partial charge is 0.238 e. The molecule has 9 heteroatoms. The highest BCUT2D eigenvalue weighted by atomic mass is 32.2. The molecular weight excluding hydrogens is 381 g/mol. The molecule has 2 saturated heterocycles. The van der Waals surface area contributed by atoms with Crippen molar-refractivity contribution in [3.05, 3.63) is 35.1 Å². The Labute approximate surface area is 156 Å². The maximum atomic E-state index is 13.9. The van der Waals surface area contributed by atoms with Gasteiger partial charge in [-0.05, 0) is 49.7 Å². The number of rotatable bonds is 5. The van der Waals surface area contributed by atoms with E-state index >= 15 is 0 Å². The van der Waals surface area contributed by atoms with Gasteiger partial charge in [0, 0.05) is 30.4 Å². The van der Waals surface area contributed by atoms with Gasteiger partial charge in [-0.3, -0.25) is 4.79 Å². The third-order valence-corrected chi connectivity index (χ3v) is 6.36. The fourth-order valence-corrected chi connectivity index (χ4v) is 5.01. The zero-order valence-electron chi connectivity index (χ0n) is 15.0. The molecule has 0 aromatic heterocycles. The average Bonchev–Trinajstić information content (AvgIpc) is 2.81. The lowest BCUT2D eigenvalue weighted by Crippen LogP contribution is -2.51. The lowest BCUT2D eigenvalue weighted by molar-refractivity contribution is -0.133. The van der Waals surface area contributed by atoms with E-state index in [0.29, 0.717) is 18.9 Å². The van der Waals surface area contributed by atoms with Crippen LogP contribution in [0.15, 0.2) is 12.1 Å². The molecule has 3 unspecified atom stereocenters. The first-order valence-corrected chi connectivity index (χ1v) is 11.0. The summed E-state index contributed by atoms with van der Waals surface area (Å²) < 4.78 is 63.2. The average molecular weight is 404 g/mol. The van der Waals surface area contributed by atoms with E-state index in [9.17, 15) is 26.4 Å². The third-order valence-electron chi connectivity index (χ3n) is 5.59. The van der Waals surface area contributed by atoms with Crippen molar-refractivity contribution in [2.75, 3.05) is 12.0 Å². The van der Waals surface area contributed by atoms with Crippen LogP contribution in [-0.2, 0) is 21.1 Å². The minimum Gasteiger partial charge on any atom is -0.336 e. The third kappa shape index (κ3) is 4.45. The van der Waals surface area contributed by atoms with E-state index in [1.807, 2.05) is 0 Å². The number of benzene rings is 1. The number of nitrogens with two attached hydrogens (primary N) is 1. The molecule has 0 saturated carbocycles. The Kier molecular flexibility index (Phi) is 5.54. The Morgan fingerprint density at radius 2 is 1.70 bits per heavy atom. The highest BCUT2D eigenvalue weighted by Crippen LogP contribution is 2.40. The zero-order valence-corrected chi connectivity index (χ0v) is 15.8. The number of sulfone groups is 1. The lowest BCUT2D eigenvalue weighted by Gasteiger charge is -2.41. The monoisotopic (exact) mass is 404 g/mol. The van der Waals surface area contributed by atoms with E-state index in [1.165, 1.54) is 0 Å². The van der Waals surface area contributed by atoms with Crippen LogP contribution >= 0.6 is 0 Å². The van der Waals surface area contributed by atoms with Crippen LogP contribution in [0.4, 0.5) is 13.2 Å². The number of halogens is 3. The largest absolute Gasteiger partial charge is 0.336 e. The summed E-state index contributed by atoms with van der Waals surface area (Å²) >= 11 is 0. The summed E-state index contributed by atoms with van der Waals surface area (Å²) in [5.41, 5.74) is 6.26. The molecule has 2 N–H and O–H groups in total. The molecule has 3 rings (SSSR count). The number of nitrogens with zero attached hydrogens (tertiary/aromatic N) is 1. The van der Waals surface area contributed by atoms with E-state index in [-0.39, 0.29) is 35.9 Å². The molecule has 150 valence electrons. The molecule has 2 fully saturated rings. The van der Waals surface area contributed by atoms with Crippen molar-refractivity contribution in [1.82, 2.24) is 4.90 Å². The van der Waals surface area contributed by atoms with E-state index < -0.39 is 39.1 Å². The molecule has 5 nitrogen and oxygen atoms in total. The van der Waals surface area contributed by atoms with Crippen LogP contribution in [0.3, 0.4) is 0 Å². The maximum Gasteiger partial charge on any atom is 0.238 e. The number of fused-ring (bicyclic) bond motifs is 2. The SMILES string of the molecule is CS(=O)(=O)CC(=O)N1C2CCC1CC(C(N)Cc1cc(F)c(F)cc1F)C2. The summed E-state index contributed by atoms with van der Waals surface area (Å²) in [5, 5.41) is 0. The molecule has 0 aliphatic carbocycles. The van der Waals surface area contributed by atoms with E-state index in [1.54, 1.807) is 4.90 Å². The highest BCUT2D eigenvalue weighted by Gasteiger charge is 2.44. The fraction of sp³-hybridized carbons (Fsp3) is 0.611. The second-order valence-electron chi connectivity index (χ2n) is 7.71. The van der Waals surface area contributed by atoms with Gasteiger partial charge >= 0.3 is 0 Å². The van der Waals surface area contributed by atoms with Gasteiger partial charge in [0.25, 0.3) is 0 Å². The van der Waals surface area contributed by atoms with Gasteiger partial charge < -0.3 is 10.6 Å². The molecule has 2 aliphatic rings. The van der Waals surface area contributed by atoms with Gasteiger partial charge in [0.15, 0.2) is 21.5 Å². The first-order chi connectivity index (χ1) is 12.5. The normalized spacial score (nSPS) is 26.3. The second-order valence-corrected chi connectivity index (χ2v) is 9.85. The Bertz CT molecular complexity index is 832. The number of carbonyl (C=O) groups excluding carboxylic acids is 1. The molecule has 3 atom stereocenters. The van der Waals surface area contributed by atoms with Crippen molar-refractivity contribution >= 4 is 15.7 Å². The van der Waals surface area contributed by atoms with E-state index in [2.05, 4.69) is 0 Å². The number of hydrogen-bond donors (Lipinski definition) is 1. The van der Waals surface area contributed by atoms with Crippen molar-refractivity contribution in [2.24, 2.45) is 11.7 Å². The predicted molar refractivity (Wildman–Crippen MR) is 94.1 cm³/mol. The van der Waals surface area contributed by atoms with Crippen molar-refractivity contribution < 1.29 is 26.4 Å². The van der Waals surface area contributed by atoms with Crippen molar-refractivity contribution in [3.63, 3.8) is 0 Å². The van der Waals surface area contributed by atoms with Gasteiger partial charge in [0.1, 0.15) is 11.6 Å². The van der Waals surface area contributed by atoms with Crippen LogP contribution in [0, 0.1) is 23.4 Å². The Hall–Kier alpha value is -1.61. The topological polar surface area (TPSA) is 80.5 Å². The molecule has 1 aromatic carbocycles. The van der Waals surface area contributed by atoms with E-state index in [0.717, 1.165) is 25.2 Å². The highest BCUT2D eigenvalue weighted by molar-refractivity contribution is 7.91. The molecular formula is C18H23F3N2O3S. The van der Waals surface area contributed by atoms with Gasteiger partial charge in [-0.1, -0.05) is 0 Å². The molecule has 0 radical (unpaired) electrons. The minimum absolute atomic E-state index is 0.00250. The summed E-state index contributed by atoms with van der Waals surface area (Å²) in [4.78, 5) is 14.0. The fourth-order valence-electron chi connectivity index (χ4n) is 4.42. The Balaban J connectivity index is 1.67. The summed E-state index contributed by atoms with van der Waals surface area (Å²) in [6.07, 6.45) is 3.86. The summed E-state index contributed by atoms with van der Waals surface area (Å²) in [7, 11) is -3.40. The number of piperidine rings is 1. The van der Waals surface area contributed by atoms with Crippen LogP contribution < -0.4 is 5.73 Å². The molecule has 1 amide bonds. The molecule has 27 heavy (non-hydrogen) atoms. The molecule has 2 heterocycles. The quantitative estimate of drug-likeness (QED) is 0.759. The van der Waals surface area contributed by atoms with Gasteiger partial charge in [-0.25, -0.2) is 21.6 Å². The maximum absolute atomic E-state index is 13.9. The van der Waals surface area contributed by atoms with Gasteiger partial charge in [0.2, 0.25) is 5.91 Å². The summed E-state index contributed by atoms with van der Waals surface area (Å²) in [6, 6.07) is 0.740. The molecule has 0 spiro atoms. The second kappa shape index (κ2) is 7.43. The molecule has 1 aromatic rings. The molecule has 2 bridgehead atoms. The zero-order chi connectivity index (χ0) is 19.9. The number of amides is 1. The minimum atomic E-state index is -3.40. The predicted octanol–water partition coefficient (Wildman–Crippen LogP) is 1.79. The summed E-state index contributed by atoms with van der Waals surface area (Å²) in [6.45, 7) is 0. The van der Waals surface area contributed by atoms with Gasteiger partial charge in [-0.2, -0.15) is 0 Å². The first kappa shape index (κ1) is 20.1. The first-order valence-electron chi connectivity index (χ1n) is 8.93. The van der Waals surface area contributed by atoms with Crippen LogP contribution in [0.25, 0.3) is 0 Å². The van der Waals surface area contributed by atoms with Gasteiger partial charge in [-0.15, -0.1) is 0 Å². The van der Waals surface area contributed by atoms with Crippen LogP contribution in [0.5, 0.6) is 0 Å². The molecule has 2 aliphatic heterocycles. The Morgan fingerprint density at radius 1 is 1.15 bits per heavy atom. The number of carbonyl (C=O) groups is 1. The number of hydrogen-bond acceptors (Lipinski definition) is 4. The van der Waals surface area contributed by atoms with Crippen LogP contribution in [0.1, 0.15) is 31.2 Å². The van der Waals surface area contributed by atoms with Gasteiger partial charge in [0.05, 0.1) is 0 Å². The Morgan fingerprint density at radius 3 is 2.26 bits per heavy atom. The lowest BCUT2D eigenvalue weighted by atomic mass is 9.82. The van der Waals surface area contributed by atoms with E-state index in [4.69, 9.17) is 5.73 Å². The van der Waals surface area contributed by atoms with Crippen LogP contribution in [-0.4, -0.2) is 49.4 Å².